The van der Waals surface area contributed by atoms with Gasteiger partial charge in [-0.2, -0.15) is 0 Å². The molecular formula is C10H14N2O3S. The van der Waals surface area contributed by atoms with Gasteiger partial charge in [-0.05, 0) is 23.4 Å². The van der Waals surface area contributed by atoms with Crippen molar-refractivity contribution in [2.75, 3.05) is 5.32 Å². The summed E-state index contributed by atoms with van der Waals surface area (Å²) in [6.07, 6.45) is 0. The number of carbonyl (C=O) groups excluding carboxylic acids is 1. The van der Waals surface area contributed by atoms with E-state index >= 15 is 0 Å². The van der Waals surface area contributed by atoms with Crippen molar-refractivity contribution in [3.63, 3.8) is 0 Å². The van der Waals surface area contributed by atoms with Gasteiger partial charge in [0.25, 0.3) is 0 Å². The fourth-order valence-electron chi connectivity index (χ4n) is 1.15. The van der Waals surface area contributed by atoms with Gasteiger partial charge in [-0.25, -0.2) is 9.59 Å². The number of carboxylic acids is 1. The normalized spacial score (nSPS) is 12.2. The molecule has 2 amide bonds. The first kappa shape index (κ1) is 12.5. The second-order valence-corrected chi connectivity index (χ2v) is 4.58. The lowest BCUT2D eigenvalue weighted by molar-refractivity contribution is -0.140. The largest absolute Gasteiger partial charge is 0.480 e. The minimum atomic E-state index is -1.03. The van der Waals surface area contributed by atoms with Gasteiger partial charge in [0.15, 0.2) is 0 Å². The van der Waals surface area contributed by atoms with E-state index in [1.807, 2.05) is 5.38 Å². The van der Waals surface area contributed by atoms with E-state index in [0.29, 0.717) is 5.00 Å². The molecule has 0 saturated heterocycles. The van der Waals surface area contributed by atoms with E-state index in [0.717, 1.165) is 0 Å². The topological polar surface area (TPSA) is 78.4 Å². The highest BCUT2D eigenvalue weighted by Crippen LogP contribution is 2.14. The number of carboxylic acid groups (broad SMARTS) is 1. The molecule has 0 aromatic carbocycles. The summed E-state index contributed by atoms with van der Waals surface area (Å²) in [5, 5.41) is 16.4. The molecule has 0 aliphatic carbocycles. The van der Waals surface area contributed by atoms with Gasteiger partial charge < -0.3 is 10.4 Å². The average Bonchev–Trinajstić information content (AvgIpc) is 2.65. The zero-order chi connectivity index (χ0) is 12.1. The SMILES string of the molecule is CC(C)C(NC(=O)Nc1cccs1)C(=O)O. The molecule has 1 unspecified atom stereocenters. The van der Waals surface area contributed by atoms with E-state index in [2.05, 4.69) is 10.6 Å². The smallest absolute Gasteiger partial charge is 0.326 e. The highest BCUT2D eigenvalue weighted by Gasteiger charge is 2.23. The van der Waals surface area contributed by atoms with Gasteiger partial charge in [-0.15, -0.1) is 11.3 Å². The minimum Gasteiger partial charge on any atom is -0.480 e. The molecule has 5 nitrogen and oxygen atoms in total. The van der Waals surface area contributed by atoms with Crippen molar-refractivity contribution in [1.29, 1.82) is 0 Å². The van der Waals surface area contributed by atoms with Crippen molar-refractivity contribution in [1.82, 2.24) is 5.32 Å². The first-order valence-electron chi connectivity index (χ1n) is 4.84. The number of thiophene rings is 1. The monoisotopic (exact) mass is 242 g/mol. The summed E-state index contributed by atoms with van der Waals surface area (Å²) in [6, 6.07) is 2.18. The molecule has 1 aromatic rings. The number of aliphatic carboxylic acids is 1. The molecule has 16 heavy (non-hydrogen) atoms. The van der Waals surface area contributed by atoms with E-state index in [1.165, 1.54) is 11.3 Å². The standard InChI is InChI=1S/C10H14N2O3S/c1-6(2)8(9(13)14)12-10(15)11-7-4-3-5-16-7/h3-6,8H,1-2H3,(H,13,14)(H2,11,12,15). The van der Waals surface area contributed by atoms with E-state index in [1.54, 1.807) is 26.0 Å². The first-order chi connectivity index (χ1) is 7.50. The third-order valence-corrected chi connectivity index (χ3v) is 2.76. The van der Waals surface area contributed by atoms with Gasteiger partial charge in [0.1, 0.15) is 6.04 Å². The van der Waals surface area contributed by atoms with Crippen LogP contribution in [0.25, 0.3) is 0 Å². The number of urea groups is 1. The summed E-state index contributed by atoms with van der Waals surface area (Å²) in [5.74, 6) is -1.19. The maximum Gasteiger partial charge on any atom is 0.326 e. The first-order valence-corrected chi connectivity index (χ1v) is 5.72. The van der Waals surface area contributed by atoms with Crippen molar-refractivity contribution < 1.29 is 14.7 Å². The number of hydrogen-bond donors (Lipinski definition) is 3. The number of rotatable bonds is 4. The maximum atomic E-state index is 11.5. The van der Waals surface area contributed by atoms with Crippen LogP contribution >= 0.6 is 11.3 Å². The molecule has 1 rings (SSSR count). The maximum absolute atomic E-state index is 11.5. The summed E-state index contributed by atoms with van der Waals surface area (Å²) >= 11 is 1.38. The molecule has 0 bridgehead atoms. The molecule has 0 radical (unpaired) electrons. The average molecular weight is 242 g/mol. The summed E-state index contributed by atoms with van der Waals surface area (Å²) in [5.41, 5.74) is 0. The van der Waals surface area contributed by atoms with E-state index in [9.17, 15) is 9.59 Å². The van der Waals surface area contributed by atoms with Crippen molar-refractivity contribution in [2.24, 2.45) is 5.92 Å². The fraction of sp³-hybridized carbons (Fsp3) is 0.400. The molecule has 6 heteroatoms. The van der Waals surface area contributed by atoms with Gasteiger partial charge in [0, 0.05) is 0 Å². The van der Waals surface area contributed by atoms with Crippen LogP contribution in [0.3, 0.4) is 0 Å². The third-order valence-electron chi connectivity index (χ3n) is 1.98. The summed E-state index contributed by atoms with van der Waals surface area (Å²) < 4.78 is 0. The molecule has 0 aliphatic rings. The Morgan fingerprint density at radius 3 is 2.56 bits per heavy atom. The zero-order valence-corrected chi connectivity index (χ0v) is 9.88. The van der Waals surface area contributed by atoms with Gasteiger partial charge >= 0.3 is 12.0 Å². The third kappa shape index (κ3) is 3.54. The summed E-state index contributed by atoms with van der Waals surface area (Å²) in [4.78, 5) is 22.3. The Kier molecular flexibility index (Phi) is 4.30. The second kappa shape index (κ2) is 5.50. The number of hydrogen-bond acceptors (Lipinski definition) is 3. The molecule has 0 fully saturated rings. The van der Waals surface area contributed by atoms with Crippen LogP contribution in [0.2, 0.25) is 0 Å². The Bertz CT molecular complexity index is 362. The lowest BCUT2D eigenvalue weighted by atomic mass is 10.1. The van der Waals surface area contributed by atoms with Crippen molar-refractivity contribution >= 4 is 28.3 Å². The molecule has 1 atom stereocenters. The fourth-order valence-corrected chi connectivity index (χ4v) is 1.76. The molecule has 3 N–H and O–H groups in total. The van der Waals surface area contributed by atoms with Crippen LogP contribution in [0.4, 0.5) is 9.80 Å². The molecule has 88 valence electrons. The molecule has 1 aromatic heterocycles. The molecular weight excluding hydrogens is 228 g/mol. The van der Waals surface area contributed by atoms with Crippen molar-refractivity contribution in [2.45, 2.75) is 19.9 Å². The highest BCUT2D eigenvalue weighted by molar-refractivity contribution is 7.14. The summed E-state index contributed by atoms with van der Waals surface area (Å²) in [6.45, 7) is 3.48. The van der Waals surface area contributed by atoms with E-state index in [4.69, 9.17) is 5.11 Å². The van der Waals surface area contributed by atoms with Gasteiger partial charge in [-0.1, -0.05) is 13.8 Å². The molecule has 0 spiro atoms. The quantitative estimate of drug-likeness (QED) is 0.755. The van der Waals surface area contributed by atoms with Crippen molar-refractivity contribution in [3.8, 4) is 0 Å². The van der Waals surface area contributed by atoms with Crippen LogP contribution in [0, 0.1) is 5.92 Å². The Morgan fingerprint density at radius 1 is 1.44 bits per heavy atom. The second-order valence-electron chi connectivity index (χ2n) is 3.64. The molecule has 0 aliphatic heterocycles. The van der Waals surface area contributed by atoms with E-state index < -0.39 is 18.0 Å². The number of carbonyl (C=O) groups is 2. The zero-order valence-electron chi connectivity index (χ0n) is 9.06. The molecule has 1 heterocycles. The van der Waals surface area contributed by atoms with Crippen LogP contribution in [0.1, 0.15) is 13.8 Å². The van der Waals surface area contributed by atoms with Crippen LogP contribution < -0.4 is 10.6 Å². The van der Waals surface area contributed by atoms with Crippen LogP contribution in [0.5, 0.6) is 0 Å². The van der Waals surface area contributed by atoms with Crippen LogP contribution in [-0.4, -0.2) is 23.1 Å². The lowest BCUT2D eigenvalue weighted by Gasteiger charge is -2.17. The lowest BCUT2D eigenvalue weighted by Crippen LogP contribution is -2.46. The number of amides is 2. The Balaban J connectivity index is 2.52. The summed E-state index contributed by atoms with van der Waals surface area (Å²) in [7, 11) is 0. The Hall–Kier alpha value is -1.56. The number of nitrogens with one attached hydrogen (secondary N) is 2. The van der Waals surface area contributed by atoms with Gasteiger partial charge in [0.2, 0.25) is 0 Å². The predicted molar refractivity (Wildman–Crippen MR) is 62.7 cm³/mol. The molecule has 0 saturated carbocycles. The number of anilines is 1. The van der Waals surface area contributed by atoms with E-state index in [-0.39, 0.29) is 5.92 Å². The van der Waals surface area contributed by atoms with Crippen LogP contribution in [0.15, 0.2) is 17.5 Å². The van der Waals surface area contributed by atoms with Crippen molar-refractivity contribution in [3.05, 3.63) is 17.5 Å². The predicted octanol–water partition coefficient (Wildman–Crippen LogP) is 1.98. The van der Waals surface area contributed by atoms with Gasteiger partial charge in [-0.3, -0.25) is 5.32 Å². The Labute approximate surface area is 97.5 Å². The van der Waals surface area contributed by atoms with Crippen LogP contribution in [-0.2, 0) is 4.79 Å². The highest BCUT2D eigenvalue weighted by atomic mass is 32.1. The minimum absolute atomic E-state index is 0.161. The van der Waals surface area contributed by atoms with Gasteiger partial charge in [0.05, 0.1) is 5.00 Å². The Morgan fingerprint density at radius 2 is 2.12 bits per heavy atom.